The van der Waals surface area contributed by atoms with E-state index in [1.807, 2.05) is 45.2 Å². The van der Waals surface area contributed by atoms with Crippen LogP contribution in [0.5, 0.6) is 5.75 Å². The molecule has 0 aliphatic rings. The van der Waals surface area contributed by atoms with E-state index in [1.165, 1.54) is 12.1 Å². The molecule has 104 valence electrons. The molecule has 2 aromatic rings. The van der Waals surface area contributed by atoms with E-state index >= 15 is 0 Å². The molecule has 0 fully saturated rings. The Morgan fingerprint density at radius 3 is 2.20 bits per heavy atom. The number of ether oxygens (including phenoxy) is 1. The van der Waals surface area contributed by atoms with Gasteiger partial charge >= 0.3 is 5.97 Å². The van der Waals surface area contributed by atoms with Gasteiger partial charge in [0.1, 0.15) is 18.2 Å². The number of aromatic carboxylic acids is 1. The molecule has 0 saturated heterocycles. The van der Waals surface area contributed by atoms with Gasteiger partial charge < -0.3 is 9.84 Å². The highest BCUT2D eigenvalue weighted by Gasteiger charge is 2.12. The average molecular weight is 498 g/mol. The van der Waals surface area contributed by atoms with Gasteiger partial charge in [-0.3, -0.25) is 0 Å². The van der Waals surface area contributed by atoms with Crippen LogP contribution in [0.4, 0.5) is 4.39 Å². The van der Waals surface area contributed by atoms with Crippen molar-refractivity contribution in [1.29, 1.82) is 0 Å². The Morgan fingerprint density at radius 1 is 1.15 bits per heavy atom. The van der Waals surface area contributed by atoms with E-state index in [4.69, 9.17) is 9.84 Å². The van der Waals surface area contributed by atoms with Crippen LogP contribution < -0.4 is 4.74 Å². The lowest BCUT2D eigenvalue weighted by Crippen LogP contribution is -2.03. The average Bonchev–Trinajstić information content (AvgIpc) is 2.39. The van der Waals surface area contributed by atoms with Crippen LogP contribution in [-0.2, 0) is 6.61 Å². The maximum Gasteiger partial charge on any atom is 0.335 e. The highest BCUT2D eigenvalue weighted by atomic mass is 127. The molecule has 0 heterocycles. The minimum atomic E-state index is -0.967. The second-order valence-corrected chi connectivity index (χ2v) is 6.31. The van der Waals surface area contributed by atoms with Crippen molar-refractivity contribution in [2.24, 2.45) is 0 Å². The van der Waals surface area contributed by atoms with E-state index in [2.05, 4.69) is 0 Å². The molecule has 0 amide bonds. The molecule has 0 aliphatic carbocycles. The molecule has 0 bridgehead atoms. The van der Waals surface area contributed by atoms with Crippen molar-refractivity contribution in [3.63, 3.8) is 0 Å². The Kier molecular flexibility index (Phi) is 5.19. The van der Waals surface area contributed by atoms with Crippen molar-refractivity contribution >= 4 is 51.2 Å². The zero-order valence-electron chi connectivity index (χ0n) is 10.1. The van der Waals surface area contributed by atoms with Crippen LogP contribution in [0.1, 0.15) is 15.9 Å². The molecule has 0 atom stereocenters. The predicted octanol–water partition coefficient (Wildman–Crippen LogP) is 4.31. The summed E-state index contributed by atoms with van der Waals surface area (Å²) in [6, 6.07) is 9.18. The monoisotopic (exact) mass is 498 g/mol. The van der Waals surface area contributed by atoms with Gasteiger partial charge in [0.15, 0.2) is 0 Å². The topological polar surface area (TPSA) is 46.5 Å². The molecule has 0 saturated carbocycles. The van der Waals surface area contributed by atoms with Crippen molar-refractivity contribution in [3.8, 4) is 5.75 Å². The Balaban J connectivity index is 2.17. The van der Waals surface area contributed by atoms with Crippen LogP contribution in [0.15, 0.2) is 36.4 Å². The van der Waals surface area contributed by atoms with E-state index in [9.17, 15) is 9.18 Å². The maximum absolute atomic E-state index is 12.8. The molecule has 20 heavy (non-hydrogen) atoms. The molecule has 2 aromatic carbocycles. The lowest BCUT2D eigenvalue weighted by Gasteiger charge is -2.11. The summed E-state index contributed by atoms with van der Waals surface area (Å²) in [4.78, 5) is 10.9. The molecule has 6 heteroatoms. The van der Waals surface area contributed by atoms with Crippen molar-refractivity contribution in [2.75, 3.05) is 0 Å². The van der Waals surface area contributed by atoms with Crippen molar-refractivity contribution in [1.82, 2.24) is 0 Å². The summed E-state index contributed by atoms with van der Waals surface area (Å²) in [5.74, 6) is -0.616. The molecular formula is C14H9FI2O3. The summed E-state index contributed by atoms with van der Waals surface area (Å²) in [5, 5.41) is 8.98. The summed E-state index contributed by atoms with van der Waals surface area (Å²) < 4.78 is 20.0. The molecule has 1 N–H and O–H groups in total. The third kappa shape index (κ3) is 3.81. The lowest BCUT2D eigenvalue weighted by atomic mass is 10.2. The number of hydrogen-bond donors (Lipinski definition) is 1. The van der Waals surface area contributed by atoms with Gasteiger partial charge in [-0.1, -0.05) is 12.1 Å². The number of halogens is 3. The van der Waals surface area contributed by atoms with Crippen LogP contribution in [0.2, 0.25) is 0 Å². The Morgan fingerprint density at radius 2 is 1.70 bits per heavy atom. The quantitative estimate of drug-likeness (QED) is 0.640. The fourth-order valence-electron chi connectivity index (χ4n) is 1.56. The number of carboxylic acid groups (broad SMARTS) is 1. The second-order valence-electron chi connectivity index (χ2n) is 3.99. The van der Waals surface area contributed by atoms with E-state index < -0.39 is 5.97 Å². The first kappa shape index (κ1) is 15.5. The van der Waals surface area contributed by atoms with E-state index in [1.54, 1.807) is 24.3 Å². The zero-order chi connectivity index (χ0) is 14.7. The first-order valence-corrected chi connectivity index (χ1v) is 7.72. The van der Waals surface area contributed by atoms with Gasteiger partial charge in [0.25, 0.3) is 0 Å². The summed E-state index contributed by atoms with van der Waals surface area (Å²) in [6.45, 7) is 0.304. The zero-order valence-corrected chi connectivity index (χ0v) is 14.4. The molecular weight excluding hydrogens is 489 g/mol. The molecule has 0 radical (unpaired) electrons. The minimum Gasteiger partial charge on any atom is -0.487 e. The normalized spacial score (nSPS) is 10.3. The van der Waals surface area contributed by atoms with Gasteiger partial charge in [0.2, 0.25) is 0 Å². The first-order chi connectivity index (χ1) is 9.47. The third-order valence-corrected chi connectivity index (χ3v) is 4.14. The number of rotatable bonds is 4. The van der Waals surface area contributed by atoms with Gasteiger partial charge in [0, 0.05) is 0 Å². The van der Waals surface area contributed by atoms with E-state index in [0.717, 1.165) is 12.7 Å². The number of carboxylic acids is 1. The number of hydrogen-bond acceptors (Lipinski definition) is 2. The molecule has 0 unspecified atom stereocenters. The highest BCUT2D eigenvalue weighted by Crippen LogP contribution is 2.29. The van der Waals surface area contributed by atoms with Gasteiger partial charge in [-0.25, -0.2) is 9.18 Å². The fourth-order valence-corrected chi connectivity index (χ4v) is 3.64. The van der Waals surface area contributed by atoms with Gasteiger partial charge in [-0.05, 0) is 75.0 Å². The maximum atomic E-state index is 12.8. The Bertz CT molecular complexity index is 618. The number of benzene rings is 2. The van der Waals surface area contributed by atoms with Crippen LogP contribution in [0.25, 0.3) is 0 Å². The largest absolute Gasteiger partial charge is 0.487 e. The minimum absolute atomic E-state index is 0.230. The lowest BCUT2D eigenvalue weighted by molar-refractivity contribution is 0.0696. The summed E-state index contributed by atoms with van der Waals surface area (Å²) in [7, 11) is 0. The van der Waals surface area contributed by atoms with Gasteiger partial charge in [-0.15, -0.1) is 0 Å². The van der Waals surface area contributed by atoms with Gasteiger partial charge in [0.05, 0.1) is 12.7 Å². The summed E-state index contributed by atoms with van der Waals surface area (Å²) in [5.41, 5.74) is 1.08. The fraction of sp³-hybridized carbons (Fsp3) is 0.0714. The Hall–Kier alpha value is -0.900. The molecule has 0 aromatic heterocycles. The van der Waals surface area contributed by atoms with Crippen LogP contribution in [0, 0.1) is 13.0 Å². The number of carbonyl (C=O) groups is 1. The Labute approximate surface area is 142 Å². The van der Waals surface area contributed by atoms with Crippen molar-refractivity contribution in [3.05, 3.63) is 60.5 Å². The van der Waals surface area contributed by atoms with Crippen LogP contribution in [0.3, 0.4) is 0 Å². The third-order valence-electron chi connectivity index (χ3n) is 2.54. The highest BCUT2D eigenvalue weighted by molar-refractivity contribution is 14.1. The molecule has 2 rings (SSSR count). The smallest absolute Gasteiger partial charge is 0.335 e. The van der Waals surface area contributed by atoms with Crippen LogP contribution >= 0.6 is 45.2 Å². The summed E-state index contributed by atoms with van der Waals surface area (Å²) in [6.07, 6.45) is 0. The second kappa shape index (κ2) is 6.70. The van der Waals surface area contributed by atoms with Crippen LogP contribution in [-0.4, -0.2) is 11.1 Å². The summed E-state index contributed by atoms with van der Waals surface area (Å²) >= 11 is 4.08. The van der Waals surface area contributed by atoms with E-state index in [0.29, 0.717) is 12.4 Å². The van der Waals surface area contributed by atoms with E-state index in [-0.39, 0.29) is 11.4 Å². The first-order valence-electron chi connectivity index (χ1n) is 5.57. The standard InChI is InChI=1S/C14H9FI2O3/c15-10-3-1-8(2-4-10)7-20-13-11(16)5-9(14(18)19)6-12(13)17/h1-6H,7H2,(H,18,19). The SMILES string of the molecule is O=C(O)c1cc(I)c(OCc2ccc(F)cc2)c(I)c1. The molecule has 0 aliphatic heterocycles. The van der Waals surface area contributed by atoms with Crippen molar-refractivity contribution < 1.29 is 19.0 Å². The molecule has 0 spiro atoms. The predicted molar refractivity (Wildman–Crippen MR) is 89.6 cm³/mol. The van der Waals surface area contributed by atoms with Gasteiger partial charge in [-0.2, -0.15) is 0 Å². The molecule has 3 nitrogen and oxygen atoms in total. The van der Waals surface area contributed by atoms with Crippen molar-refractivity contribution in [2.45, 2.75) is 6.61 Å².